The molecular weight excluding hydrogens is 281 g/mol. The van der Waals surface area contributed by atoms with Crippen molar-refractivity contribution < 1.29 is 13.9 Å². The molecule has 4 heteroatoms. The molecule has 1 heterocycles. The van der Waals surface area contributed by atoms with E-state index in [9.17, 15) is 9.18 Å². The Hall–Kier alpha value is -2.36. The Morgan fingerprint density at radius 2 is 1.95 bits per heavy atom. The average molecular weight is 299 g/mol. The van der Waals surface area contributed by atoms with Gasteiger partial charge in [0.1, 0.15) is 0 Å². The maximum absolute atomic E-state index is 13.5. The summed E-state index contributed by atoms with van der Waals surface area (Å²) in [7, 11) is 0. The van der Waals surface area contributed by atoms with Crippen molar-refractivity contribution in [3.63, 3.8) is 0 Å². The maximum Gasteiger partial charge on any atom is 0.261 e. The molecular formula is C18H18FNO2. The molecule has 0 aliphatic carbocycles. The fourth-order valence-electron chi connectivity index (χ4n) is 2.90. The molecule has 0 aromatic heterocycles. The van der Waals surface area contributed by atoms with Crippen molar-refractivity contribution in [1.29, 1.82) is 0 Å². The molecule has 0 saturated heterocycles. The number of carbonyl (C=O) groups is 1. The van der Waals surface area contributed by atoms with Crippen molar-refractivity contribution in [2.24, 2.45) is 0 Å². The van der Waals surface area contributed by atoms with E-state index in [2.05, 4.69) is 12.1 Å². The van der Waals surface area contributed by atoms with Crippen molar-refractivity contribution in [3.05, 3.63) is 65.5 Å². The zero-order chi connectivity index (χ0) is 15.5. The second-order valence-electron chi connectivity index (χ2n) is 5.43. The van der Waals surface area contributed by atoms with Gasteiger partial charge in [-0.2, -0.15) is 0 Å². The van der Waals surface area contributed by atoms with Gasteiger partial charge in [-0.1, -0.05) is 36.4 Å². The van der Waals surface area contributed by atoms with E-state index in [1.165, 1.54) is 23.3 Å². The van der Waals surface area contributed by atoms with Crippen LogP contribution in [0.3, 0.4) is 0 Å². The number of rotatable bonds is 3. The number of ether oxygens (including phenoxy) is 1. The van der Waals surface area contributed by atoms with Gasteiger partial charge in [-0.25, -0.2) is 4.39 Å². The molecule has 0 N–H and O–H groups in total. The summed E-state index contributed by atoms with van der Waals surface area (Å²) in [6.45, 7) is 2.53. The summed E-state index contributed by atoms with van der Waals surface area (Å²) < 4.78 is 18.8. The van der Waals surface area contributed by atoms with Gasteiger partial charge in [-0.15, -0.1) is 0 Å². The van der Waals surface area contributed by atoms with Crippen molar-refractivity contribution in [2.45, 2.75) is 19.4 Å². The number of amides is 1. The van der Waals surface area contributed by atoms with E-state index in [-0.39, 0.29) is 24.3 Å². The van der Waals surface area contributed by atoms with Crippen LogP contribution in [0.4, 0.5) is 4.39 Å². The highest BCUT2D eigenvalue weighted by molar-refractivity contribution is 5.78. The summed E-state index contributed by atoms with van der Waals surface area (Å²) in [6.07, 6.45) is 0.839. The lowest BCUT2D eigenvalue weighted by atomic mass is 9.93. The van der Waals surface area contributed by atoms with Gasteiger partial charge in [0.05, 0.1) is 6.04 Å². The van der Waals surface area contributed by atoms with Gasteiger partial charge < -0.3 is 9.64 Å². The van der Waals surface area contributed by atoms with Gasteiger partial charge >= 0.3 is 0 Å². The summed E-state index contributed by atoms with van der Waals surface area (Å²) in [5, 5.41) is 0. The Morgan fingerprint density at radius 3 is 2.77 bits per heavy atom. The number of carbonyl (C=O) groups excluding carboxylic acids is 1. The van der Waals surface area contributed by atoms with Crippen LogP contribution in [-0.2, 0) is 11.2 Å². The van der Waals surface area contributed by atoms with Crippen molar-refractivity contribution in [1.82, 2.24) is 4.90 Å². The van der Waals surface area contributed by atoms with E-state index in [1.807, 2.05) is 19.1 Å². The predicted octanol–water partition coefficient (Wildman–Crippen LogP) is 3.35. The Kier molecular flexibility index (Phi) is 4.09. The Labute approximate surface area is 129 Å². The van der Waals surface area contributed by atoms with Crippen LogP contribution in [0.15, 0.2) is 48.5 Å². The molecule has 1 atom stereocenters. The number of hydrogen-bond donors (Lipinski definition) is 0. The number of para-hydroxylation sites is 1. The fourth-order valence-corrected chi connectivity index (χ4v) is 2.90. The molecule has 0 bridgehead atoms. The largest absolute Gasteiger partial charge is 0.481 e. The molecule has 1 amide bonds. The third-order valence-electron chi connectivity index (χ3n) is 4.10. The molecule has 22 heavy (non-hydrogen) atoms. The van der Waals surface area contributed by atoms with Crippen molar-refractivity contribution in [3.8, 4) is 5.75 Å². The summed E-state index contributed by atoms with van der Waals surface area (Å²) >= 11 is 0. The molecule has 1 aliphatic rings. The topological polar surface area (TPSA) is 29.5 Å². The summed E-state index contributed by atoms with van der Waals surface area (Å²) in [6, 6.07) is 14.3. The molecule has 2 aromatic carbocycles. The van der Waals surface area contributed by atoms with Crippen LogP contribution in [0.5, 0.6) is 5.75 Å². The molecule has 1 unspecified atom stereocenters. The molecule has 3 rings (SSSR count). The number of benzene rings is 2. The second-order valence-corrected chi connectivity index (χ2v) is 5.43. The van der Waals surface area contributed by atoms with Gasteiger partial charge in [0.2, 0.25) is 0 Å². The Morgan fingerprint density at radius 1 is 1.23 bits per heavy atom. The highest BCUT2D eigenvalue weighted by Gasteiger charge is 2.27. The first-order valence-corrected chi connectivity index (χ1v) is 7.41. The van der Waals surface area contributed by atoms with Gasteiger partial charge in [-0.3, -0.25) is 4.79 Å². The van der Waals surface area contributed by atoms with Crippen LogP contribution in [0.1, 0.15) is 24.1 Å². The van der Waals surface area contributed by atoms with Gasteiger partial charge in [-0.05, 0) is 36.6 Å². The Balaban J connectivity index is 1.68. The maximum atomic E-state index is 13.5. The molecule has 0 fully saturated rings. The predicted molar refractivity (Wildman–Crippen MR) is 82.2 cm³/mol. The lowest BCUT2D eigenvalue weighted by Gasteiger charge is -2.35. The van der Waals surface area contributed by atoms with Crippen molar-refractivity contribution in [2.75, 3.05) is 13.2 Å². The smallest absolute Gasteiger partial charge is 0.261 e. The molecule has 0 saturated carbocycles. The lowest BCUT2D eigenvalue weighted by Crippen LogP contribution is -2.41. The molecule has 3 nitrogen and oxygen atoms in total. The summed E-state index contributed by atoms with van der Waals surface area (Å²) in [4.78, 5) is 14.2. The monoisotopic (exact) mass is 299 g/mol. The van der Waals surface area contributed by atoms with Crippen LogP contribution in [-0.4, -0.2) is 24.0 Å². The first-order chi connectivity index (χ1) is 10.7. The Bertz CT molecular complexity index is 686. The van der Waals surface area contributed by atoms with Crippen LogP contribution in [0.2, 0.25) is 0 Å². The standard InChI is InChI=1S/C18H18FNO2/c1-13-15-7-3-2-6-14(15)10-11-20(13)18(21)12-22-17-9-5-4-8-16(17)19/h2-9,13H,10-12H2,1H3. The van der Waals surface area contributed by atoms with Gasteiger partial charge in [0, 0.05) is 6.54 Å². The molecule has 1 aliphatic heterocycles. The van der Waals surface area contributed by atoms with Crippen molar-refractivity contribution >= 4 is 5.91 Å². The highest BCUT2D eigenvalue weighted by atomic mass is 19.1. The van der Waals surface area contributed by atoms with Crippen LogP contribution in [0, 0.1) is 5.82 Å². The SMILES string of the molecule is CC1c2ccccc2CCN1C(=O)COc1ccccc1F. The zero-order valence-electron chi connectivity index (χ0n) is 12.5. The van der Waals surface area contributed by atoms with E-state index in [0.29, 0.717) is 6.54 Å². The molecule has 0 spiro atoms. The number of halogens is 1. The van der Waals surface area contributed by atoms with E-state index >= 15 is 0 Å². The minimum absolute atomic E-state index is 0.0154. The van der Waals surface area contributed by atoms with E-state index in [1.54, 1.807) is 17.0 Å². The quantitative estimate of drug-likeness (QED) is 0.870. The van der Waals surface area contributed by atoms with Gasteiger partial charge in [0.15, 0.2) is 18.2 Å². The molecule has 2 aromatic rings. The summed E-state index contributed by atoms with van der Waals surface area (Å²) in [5.74, 6) is -0.460. The average Bonchev–Trinajstić information content (AvgIpc) is 2.54. The fraction of sp³-hybridized carbons (Fsp3) is 0.278. The van der Waals surface area contributed by atoms with Crippen LogP contribution < -0.4 is 4.74 Å². The lowest BCUT2D eigenvalue weighted by molar-refractivity contribution is -0.136. The number of hydrogen-bond acceptors (Lipinski definition) is 2. The third kappa shape index (κ3) is 2.82. The number of fused-ring (bicyclic) bond motifs is 1. The van der Waals surface area contributed by atoms with E-state index in [0.717, 1.165) is 6.42 Å². The highest BCUT2D eigenvalue weighted by Crippen LogP contribution is 2.29. The zero-order valence-corrected chi connectivity index (χ0v) is 12.5. The van der Waals surface area contributed by atoms with Gasteiger partial charge in [0.25, 0.3) is 5.91 Å². The first-order valence-electron chi connectivity index (χ1n) is 7.41. The van der Waals surface area contributed by atoms with E-state index < -0.39 is 5.82 Å². The van der Waals surface area contributed by atoms with Crippen LogP contribution >= 0.6 is 0 Å². The first kappa shape index (κ1) is 14.6. The molecule has 0 radical (unpaired) electrons. The normalized spacial score (nSPS) is 17.0. The van der Waals surface area contributed by atoms with E-state index in [4.69, 9.17) is 4.74 Å². The summed E-state index contributed by atoms with van der Waals surface area (Å²) in [5.41, 5.74) is 2.46. The minimum atomic E-state index is -0.452. The minimum Gasteiger partial charge on any atom is -0.481 e. The number of nitrogens with zero attached hydrogens (tertiary/aromatic N) is 1. The van der Waals surface area contributed by atoms with Crippen LogP contribution in [0.25, 0.3) is 0 Å². The second kappa shape index (κ2) is 6.18. The molecule has 114 valence electrons. The third-order valence-corrected chi connectivity index (χ3v) is 4.10.